The van der Waals surface area contributed by atoms with Crippen LogP contribution in [0.25, 0.3) is 11.6 Å². The lowest BCUT2D eigenvalue weighted by Gasteiger charge is -2.43. The van der Waals surface area contributed by atoms with Gasteiger partial charge in [-0.1, -0.05) is 36.4 Å². The number of ether oxygens (including phenoxy) is 2. The van der Waals surface area contributed by atoms with Gasteiger partial charge in [0.15, 0.2) is 0 Å². The molecule has 2 aliphatic heterocycles. The number of amides is 3. The Bertz CT molecular complexity index is 1640. The van der Waals surface area contributed by atoms with Crippen molar-refractivity contribution in [1.82, 2.24) is 9.88 Å². The van der Waals surface area contributed by atoms with Gasteiger partial charge in [-0.05, 0) is 96.3 Å². The smallest absolute Gasteiger partial charge is 0.455 e. The number of rotatable bonds is 8. The maximum Gasteiger partial charge on any atom is 0.455 e. The molecule has 230 valence electrons. The fourth-order valence-corrected chi connectivity index (χ4v) is 6.78. The van der Waals surface area contributed by atoms with Crippen LogP contribution in [0.2, 0.25) is 6.32 Å². The number of imide groups is 3. The van der Waals surface area contributed by atoms with Gasteiger partial charge in [-0.2, -0.15) is 4.90 Å². The normalized spacial score (nSPS) is 23.1. The quantitative estimate of drug-likeness (QED) is 0.211. The third-order valence-corrected chi connectivity index (χ3v) is 8.70. The van der Waals surface area contributed by atoms with E-state index in [2.05, 4.69) is 4.98 Å². The van der Waals surface area contributed by atoms with Crippen LogP contribution in [0.4, 0.5) is 4.79 Å². The average Bonchev–Trinajstić information content (AvgIpc) is 3.31. The zero-order valence-electron chi connectivity index (χ0n) is 24.7. The lowest BCUT2D eigenvalue weighted by atomic mass is 9.58. The Morgan fingerprint density at radius 1 is 1.07 bits per heavy atom. The third kappa shape index (κ3) is 6.27. The van der Waals surface area contributed by atoms with Crippen molar-refractivity contribution in [2.75, 3.05) is 13.7 Å². The highest BCUT2D eigenvalue weighted by molar-refractivity contribution is 6.43. The van der Waals surface area contributed by atoms with E-state index in [-0.39, 0.29) is 25.1 Å². The van der Waals surface area contributed by atoms with Crippen molar-refractivity contribution >= 4 is 36.7 Å². The first-order valence-electron chi connectivity index (χ1n) is 14.9. The molecule has 45 heavy (non-hydrogen) atoms. The van der Waals surface area contributed by atoms with Crippen molar-refractivity contribution in [2.24, 2.45) is 17.8 Å². The lowest BCUT2D eigenvalue weighted by Crippen LogP contribution is -2.46. The molecule has 2 saturated heterocycles. The van der Waals surface area contributed by atoms with E-state index in [4.69, 9.17) is 14.1 Å². The van der Waals surface area contributed by atoms with E-state index in [0.717, 1.165) is 35.1 Å². The SMILES string of the molecule is COC(=O)N1C(=O)[C@@H]2[C@@H](CC(COc3ccccc3)=C3[C@@H](CC/C(=C/c4cccc(O)c4)c4ccccn4)OB(O)C[C@@H]32)C1=O. The van der Waals surface area contributed by atoms with Crippen LogP contribution in [0.5, 0.6) is 11.5 Å². The molecule has 4 atom stereocenters. The summed E-state index contributed by atoms with van der Waals surface area (Å²) in [7, 11) is -0.0481. The van der Waals surface area contributed by atoms with Crippen molar-refractivity contribution in [3.05, 3.63) is 101 Å². The number of aromatic hydroxyl groups is 1. The number of methoxy groups -OCH3 is 1. The second kappa shape index (κ2) is 13.1. The second-order valence-corrected chi connectivity index (χ2v) is 11.4. The fraction of sp³-hybridized carbons (Fsp3) is 0.294. The number of phenols is 1. The average molecular weight is 608 g/mol. The van der Waals surface area contributed by atoms with Gasteiger partial charge in [0, 0.05) is 6.20 Å². The minimum atomic E-state index is -1.18. The monoisotopic (exact) mass is 608 g/mol. The number of pyridine rings is 1. The first-order valence-corrected chi connectivity index (χ1v) is 14.9. The summed E-state index contributed by atoms with van der Waals surface area (Å²) in [6.45, 7) is 0.154. The molecule has 0 unspecified atom stereocenters. The van der Waals surface area contributed by atoms with Gasteiger partial charge in [0.25, 0.3) is 0 Å². The predicted octanol–water partition coefficient (Wildman–Crippen LogP) is 4.75. The molecule has 0 saturated carbocycles. The molecule has 3 heterocycles. The van der Waals surface area contributed by atoms with Gasteiger partial charge in [-0.25, -0.2) is 4.79 Å². The number of phenolic OH excluding ortho intramolecular Hbond substituents is 1. The van der Waals surface area contributed by atoms with Crippen molar-refractivity contribution < 1.29 is 38.6 Å². The zero-order valence-corrected chi connectivity index (χ0v) is 24.7. The van der Waals surface area contributed by atoms with E-state index < -0.39 is 48.9 Å². The molecule has 2 N–H and O–H groups in total. The minimum absolute atomic E-state index is 0.0993. The van der Waals surface area contributed by atoms with E-state index in [1.807, 2.05) is 60.7 Å². The summed E-state index contributed by atoms with van der Waals surface area (Å²) in [4.78, 5) is 44.6. The fourth-order valence-electron chi connectivity index (χ4n) is 6.78. The topological polar surface area (TPSA) is 135 Å². The summed E-state index contributed by atoms with van der Waals surface area (Å²) in [5.41, 5.74) is 4.08. The van der Waals surface area contributed by atoms with Gasteiger partial charge in [0.2, 0.25) is 11.8 Å². The number of allylic oxidation sites excluding steroid dienone is 1. The second-order valence-electron chi connectivity index (χ2n) is 11.4. The van der Waals surface area contributed by atoms with Crippen LogP contribution in [0.15, 0.2) is 90.1 Å². The Morgan fingerprint density at radius 2 is 1.87 bits per heavy atom. The number of para-hydroxylation sites is 1. The molecule has 3 aromatic rings. The highest BCUT2D eigenvalue weighted by Crippen LogP contribution is 2.51. The number of likely N-dealkylation sites (tertiary alicyclic amines) is 1. The molecule has 1 aromatic heterocycles. The van der Waals surface area contributed by atoms with E-state index in [1.54, 1.807) is 24.4 Å². The number of fused-ring (bicyclic) bond motifs is 3. The molecule has 2 fully saturated rings. The number of carbonyl (C=O) groups is 3. The number of nitrogens with zero attached hydrogens (tertiary/aromatic N) is 2. The van der Waals surface area contributed by atoms with Crippen LogP contribution in [0, 0.1) is 17.8 Å². The zero-order chi connectivity index (χ0) is 31.5. The summed E-state index contributed by atoms with van der Waals surface area (Å²) in [5, 5.41) is 21.0. The maximum atomic E-state index is 13.6. The van der Waals surface area contributed by atoms with Crippen LogP contribution in [0.1, 0.15) is 30.5 Å². The molecular formula is C34H33BN2O8. The number of benzene rings is 2. The Hall–Kier alpha value is -4.74. The Balaban J connectivity index is 1.36. The Labute approximate surface area is 261 Å². The van der Waals surface area contributed by atoms with E-state index >= 15 is 0 Å². The molecular weight excluding hydrogens is 575 g/mol. The first-order chi connectivity index (χ1) is 21.8. The van der Waals surface area contributed by atoms with Gasteiger partial charge >= 0.3 is 13.2 Å². The van der Waals surface area contributed by atoms with Crippen molar-refractivity contribution in [3.8, 4) is 11.5 Å². The summed E-state index contributed by atoms with van der Waals surface area (Å²) in [6.07, 6.45) is 3.29. The van der Waals surface area contributed by atoms with Crippen LogP contribution < -0.4 is 4.74 Å². The van der Waals surface area contributed by atoms with E-state index in [9.17, 15) is 24.5 Å². The molecule has 2 aromatic carbocycles. The largest absolute Gasteiger partial charge is 0.508 e. The summed E-state index contributed by atoms with van der Waals surface area (Å²) in [5.74, 6) is -2.56. The van der Waals surface area contributed by atoms with Gasteiger partial charge in [-0.3, -0.25) is 14.6 Å². The lowest BCUT2D eigenvalue weighted by molar-refractivity contribution is -0.137. The van der Waals surface area contributed by atoms with Crippen LogP contribution in [-0.2, 0) is 19.0 Å². The van der Waals surface area contributed by atoms with Crippen LogP contribution >= 0.6 is 0 Å². The third-order valence-electron chi connectivity index (χ3n) is 8.70. The van der Waals surface area contributed by atoms with Crippen molar-refractivity contribution in [3.63, 3.8) is 0 Å². The first kappa shape index (κ1) is 30.3. The summed E-state index contributed by atoms with van der Waals surface area (Å²) in [6, 6.07) is 21.8. The van der Waals surface area contributed by atoms with Crippen molar-refractivity contribution in [2.45, 2.75) is 31.7 Å². The van der Waals surface area contributed by atoms with Gasteiger partial charge in [0.05, 0.1) is 30.7 Å². The molecule has 0 bridgehead atoms. The van der Waals surface area contributed by atoms with Crippen molar-refractivity contribution in [1.29, 1.82) is 0 Å². The van der Waals surface area contributed by atoms with Gasteiger partial charge in [0.1, 0.15) is 18.1 Å². The molecule has 0 spiro atoms. The van der Waals surface area contributed by atoms with Crippen LogP contribution in [0.3, 0.4) is 0 Å². The van der Waals surface area contributed by atoms with Crippen LogP contribution in [-0.4, -0.2) is 64.9 Å². The van der Waals surface area contributed by atoms with Gasteiger partial charge in [-0.15, -0.1) is 0 Å². The number of aromatic nitrogens is 1. The predicted molar refractivity (Wildman–Crippen MR) is 165 cm³/mol. The standard InChI is InChI=1S/C34H33BN2O8/c1-43-34(41)37-32(39)26-18-23(20-44-25-10-3-2-4-11-25)30-27(31(26)33(37)40)19-35(42)45-29(30)14-13-22(28-12-5-6-15-36-28)16-21-8-7-9-24(38)17-21/h2-12,15-17,26-27,29,31,38,42H,13-14,18-20H2,1H3/b22-16-/t26-,27+,29-,31-/m1/s1. The molecule has 3 amide bonds. The number of hydrogen-bond donors (Lipinski definition) is 2. The summed E-state index contributed by atoms with van der Waals surface area (Å²) < 4.78 is 17.1. The Kier molecular flexibility index (Phi) is 8.82. The van der Waals surface area contributed by atoms with Gasteiger partial charge < -0.3 is 24.3 Å². The molecule has 0 radical (unpaired) electrons. The van der Waals surface area contributed by atoms with E-state index in [1.165, 1.54) is 0 Å². The molecule has 1 aliphatic carbocycles. The number of carbonyl (C=O) groups excluding carboxylic acids is 3. The molecule has 10 nitrogen and oxygen atoms in total. The maximum absolute atomic E-state index is 13.6. The highest BCUT2D eigenvalue weighted by Gasteiger charge is 2.59. The molecule has 3 aliphatic rings. The molecule has 6 rings (SSSR count). The summed E-state index contributed by atoms with van der Waals surface area (Å²) >= 11 is 0. The van der Waals surface area contributed by atoms with E-state index in [0.29, 0.717) is 23.5 Å². The minimum Gasteiger partial charge on any atom is -0.508 e. The Morgan fingerprint density at radius 3 is 2.60 bits per heavy atom. The molecule has 11 heteroatoms. The number of hydrogen-bond acceptors (Lipinski definition) is 9. The highest BCUT2D eigenvalue weighted by atomic mass is 16.5.